The van der Waals surface area contributed by atoms with Crippen molar-refractivity contribution in [2.75, 3.05) is 26.7 Å². The predicted molar refractivity (Wildman–Crippen MR) is 158 cm³/mol. The van der Waals surface area contributed by atoms with Crippen molar-refractivity contribution in [2.45, 2.75) is 50.5 Å². The van der Waals surface area contributed by atoms with E-state index in [-0.39, 0.29) is 30.1 Å². The van der Waals surface area contributed by atoms with Crippen LogP contribution < -0.4 is 5.32 Å². The first-order valence-corrected chi connectivity index (χ1v) is 14.6. The molecule has 1 N–H and O–H groups in total. The second-order valence-corrected chi connectivity index (χ2v) is 11.3. The SMILES string of the molecule is CN1CCN(C(=O)[C@H](CCCCC[C@@H]2C[C@H]2c2ccc(F)cc2)NC(=O)c2ccc(-c3ccccc3)cc2)CC1=O. The van der Waals surface area contributed by atoms with Crippen LogP contribution in [0.1, 0.15) is 60.4 Å². The molecule has 1 heterocycles. The molecule has 3 atom stereocenters. The molecule has 1 aliphatic carbocycles. The molecule has 3 amide bonds. The molecule has 1 saturated carbocycles. The van der Waals surface area contributed by atoms with E-state index in [2.05, 4.69) is 5.32 Å². The van der Waals surface area contributed by atoms with Crippen LogP contribution in [0.5, 0.6) is 0 Å². The Hall–Kier alpha value is -4.00. The monoisotopic (exact) mass is 555 g/mol. The molecule has 1 saturated heterocycles. The van der Waals surface area contributed by atoms with Gasteiger partial charge in [-0.2, -0.15) is 0 Å². The van der Waals surface area contributed by atoms with Crippen molar-refractivity contribution in [3.05, 3.63) is 95.8 Å². The Bertz CT molecular complexity index is 1340. The van der Waals surface area contributed by atoms with E-state index in [1.807, 2.05) is 54.6 Å². The fraction of sp³-hybridized carbons (Fsp3) is 0.382. The average molecular weight is 556 g/mol. The summed E-state index contributed by atoms with van der Waals surface area (Å²) in [5.41, 5.74) is 3.80. The third kappa shape index (κ3) is 7.40. The maximum atomic E-state index is 13.5. The smallest absolute Gasteiger partial charge is 0.251 e. The van der Waals surface area contributed by atoms with E-state index in [1.165, 1.54) is 17.7 Å². The number of likely N-dealkylation sites (N-methyl/N-ethyl adjacent to an activating group) is 1. The molecule has 0 unspecified atom stereocenters. The summed E-state index contributed by atoms with van der Waals surface area (Å²) in [6.45, 7) is 0.994. The van der Waals surface area contributed by atoms with Gasteiger partial charge in [-0.3, -0.25) is 14.4 Å². The van der Waals surface area contributed by atoms with Crippen LogP contribution in [0.2, 0.25) is 0 Å². The first-order valence-electron chi connectivity index (χ1n) is 14.6. The topological polar surface area (TPSA) is 69.7 Å². The number of rotatable bonds is 11. The molecule has 5 rings (SSSR count). The fourth-order valence-corrected chi connectivity index (χ4v) is 5.73. The van der Waals surface area contributed by atoms with Crippen LogP contribution in [0.15, 0.2) is 78.9 Å². The van der Waals surface area contributed by atoms with Gasteiger partial charge in [-0.1, -0.05) is 73.9 Å². The lowest BCUT2D eigenvalue weighted by Gasteiger charge is -2.34. The highest BCUT2D eigenvalue weighted by molar-refractivity contribution is 5.98. The van der Waals surface area contributed by atoms with Gasteiger partial charge in [-0.05, 0) is 72.1 Å². The van der Waals surface area contributed by atoms with Crippen molar-refractivity contribution in [1.29, 1.82) is 0 Å². The maximum absolute atomic E-state index is 13.5. The summed E-state index contributed by atoms with van der Waals surface area (Å²) >= 11 is 0. The van der Waals surface area contributed by atoms with Crippen molar-refractivity contribution in [2.24, 2.45) is 5.92 Å². The van der Waals surface area contributed by atoms with E-state index in [0.29, 0.717) is 36.9 Å². The Labute approximate surface area is 241 Å². The van der Waals surface area contributed by atoms with E-state index < -0.39 is 6.04 Å². The van der Waals surface area contributed by atoms with Crippen LogP contribution in [-0.4, -0.2) is 60.2 Å². The zero-order valence-corrected chi connectivity index (χ0v) is 23.6. The Morgan fingerprint density at radius 3 is 2.32 bits per heavy atom. The molecule has 2 aliphatic rings. The largest absolute Gasteiger partial charge is 0.342 e. The Balaban J connectivity index is 1.15. The number of hydrogen-bond acceptors (Lipinski definition) is 3. The molecule has 0 spiro atoms. The standard InChI is InChI=1S/C34H38FN3O3/c1-37-20-21-38(23-32(37)39)34(41)31(11-7-3-6-10-28-22-30(28)26-16-18-29(35)19-17-26)36-33(40)27-14-12-25(13-15-27)24-8-4-2-5-9-24/h2,4-5,8-9,12-19,28,30-31H,3,6-7,10-11,20-23H2,1H3,(H,36,40)/t28-,30+,31+/m1/s1. The number of carbonyl (C=O) groups excluding carboxylic acids is 3. The Morgan fingerprint density at radius 1 is 0.902 bits per heavy atom. The first kappa shape index (κ1) is 28.5. The molecule has 214 valence electrons. The molecule has 1 aliphatic heterocycles. The highest BCUT2D eigenvalue weighted by Gasteiger charge is 2.37. The summed E-state index contributed by atoms with van der Waals surface area (Å²) in [7, 11) is 1.74. The summed E-state index contributed by atoms with van der Waals surface area (Å²) in [6.07, 6.45) is 5.58. The van der Waals surface area contributed by atoms with E-state index in [0.717, 1.165) is 43.2 Å². The molecule has 3 aromatic carbocycles. The quantitative estimate of drug-likeness (QED) is 0.311. The van der Waals surface area contributed by atoms with Crippen LogP contribution in [0, 0.1) is 11.7 Å². The summed E-state index contributed by atoms with van der Waals surface area (Å²) < 4.78 is 13.2. The van der Waals surface area contributed by atoms with Gasteiger partial charge < -0.3 is 15.1 Å². The predicted octanol–water partition coefficient (Wildman–Crippen LogP) is 5.65. The number of hydrogen-bond donors (Lipinski definition) is 1. The lowest BCUT2D eigenvalue weighted by molar-refractivity contribution is -0.145. The number of nitrogens with one attached hydrogen (secondary N) is 1. The number of benzene rings is 3. The van der Waals surface area contributed by atoms with Gasteiger partial charge in [0.2, 0.25) is 11.8 Å². The molecule has 7 heteroatoms. The van der Waals surface area contributed by atoms with Crippen molar-refractivity contribution in [1.82, 2.24) is 15.1 Å². The van der Waals surface area contributed by atoms with E-state index in [4.69, 9.17) is 0 Å². The minimum absolute atomic E-state index is 0.0416. The summed E-state index contributed by atoms with van der Waals surface area (Å²) in [4.78, 5) is 42.1. The van der Waals surface area contributed by atoms with Gasteiger partial charge in [0.15, 0.2) is 0 Å². The lowest BCUT2D eigenvalue weighted by atomic mass is 10.0. The van der Waals surface area contributed by atoms with Crippen molar-refractivity contribution >= 4 is 17.7 Å². The Kier molecular flexibility index (Phi) is 9.12. The van der Waals surface area contributed by atoms with Crippen LogP contribution in [0.25, 0.3) is 11.1 Å². The molecule has 0 bridgehead atoms. The third-order valence-electron chi connectivity index (χ3n) is 8.41. The van der Waals surface area contributed by atoms with Crippen LogP contribution in [-0.2, 0) is 9.59 Å². The molecule has 3 aromatic rings. The van der Waals surface area contributed by atoms with Gasteiger partial charge in [-0.15, -0.1) is 0 Å². The van der Waals surface area contributed by atoms with Gasteiger partial charge in [0.05, 0.1) is 6.54 Å². The third-order valence-corrected chi connectivity index (χ3v) is 8.41. The molecular weight excluding hydrogens is 517 g/mol. The zero-order chi connectivity index (χ0) is 28.8. The number of amides is 3. The van der Waals surface area contributed by atoms with E-state index in [1.54, 1.807) is 29.0 Å². The summed E-state index contributed by atoms with van der Waals surface area (Å²) in [5, 5.41) is 2.98. The van der Waals surface area contributed by atoms with Crippen molar-refractivity contribution in [3.8, 4) is 11.1 Å². The van der Waals surface area contributed by atoms with Crippen molar-refractivity contribution < 1.29 is 18.8 Å². The minimum Gasteiger partial charge on any atom is -0.342 e. The molecule has 6 nitrogen and oxygen atoms in total. The highest BCUT2D eigenvalue weighted by atomic mass is 19.1. The highest BCUT2D eigenvalue weighted by Crippen LogP contribution is 2.50. The molecule has 2 fully saturated rings. The van der Waals surface area contributed by atoms with Crippen LogP contribution >= 0.6 is 0 Å². The molecule has 0 radical (unpaired) electrons. The molecule has 41 heavy (non-hydrogen) atoms. The first-order chi connectivity index (χ1) is 19.9. The molecule has 0 aromatic heterocycles. The van der Waals surface area contributed by atoms with Gasteiger partial charge in [0.1, 0.15) is 11.9 Å². The number of carbonyl (C=O) groups is 3. The number of unbranched alkanes of at least 4 members (excludes halogenated alkanes) is 2. The minimum atomic E-state index is -0.680. The number of halogens is 1. The van der Waals surface area contributed by atoms with E-state index >= 15 is 0 Å². The Morgan fingerprint density at radius 2 is 1.61 bits per heavy atom. The van der Waals surface area contributed by atoms with Gasteiger partial charge in [0, 0.05) is 25.7 Å². The molecular formula is C34H38FN3O3. The summed E-state index contributed by atoms with van der Waals surface area (Å²) in [6, 6.07) is 23.5. The normalized spacial score (nSPS) is 19.1. The fourth-order valence-electron chi connectivity index (χ4n) is 5.73. The number of nitrogens with zero attached hydrogens (tertiary/aromatic N) is 2. The summed E-state index contributed by atoms with van der Waals surface area (Å²) in [5.74, 6) is 0.376. The van der Waals surface area contributed by atoms with Gasteiger partial charge >= 0.3 is 0 Å². The van der Waals surface area contributed by atoms with Crippen molar-refractivity contribution in [3.63, 3.8) is 0 Å². The number of piperazine rings is 1. The lowest BCUT2D eigenvalue weighted by Crippen LogP contribution is -2.56. The van der Waals surface area contributed by atoms with E-state index in [9.17, 15) is 18.8 Å². The zero-order valence-electron chi connectivity index (χ0n) is 23.6. The maximum Gasteiger partial charge on any atom is 0.251 e. The van der Waals surface area contributed by atoms with Crippen LogP contribution in [0.3, 0.4) is 0 Å². The van der Waals surface area contributed by atoms with Gasteiger partial charge in [-0.25, -0.2) is 4.39 Å². The second kappa shape index (κ2) is 13.1. The average Bonchev–Trinajstić information content (AvgIpc) is 3.77. The van der Waals surface area contributed by atoms with Gasteiger partial charge in [0.25, 0.3) is 5.91 Å². The second-order valence-electron chi connectivity index (χ2n) is 11.3. The van der Waals surface area contributed by atoms with Crippen LogP contribution in [0.4, 0.5) is 4.39 Å².